The fourth-order valence-electron chi connectivity index (χ4n) is 2.27. The second-order valence-electron chi connectivity index (χ2n) is 5.97. The molecule has 26 heavy (non-hydrogen) atoms. The lowest BCUT2D eigenvalue weighted by Gasteiger charge is -2.18. The predicted molar refractivity (Wildman–Crippen MR) is 99.6 cm³/mol. The molecule has 2 amide bonds. The van der Waals surface area contributed by atoms with Gasteiger partial charge in [-0.3, -0.25) is 9.78 Å². The van der Waals surface area contributed by atoms with Gasteiger partial charge in [-0.15, -0.1) is 0 Å². The number of aromatic nitrogens is 1. The van der Waals surface area contributed by atoms with E-state index in [-0.39, 0.29) is 25.0 Å². The van der Waals surface area contributed by atoms with E-state index >= 15 is 0 Å². The van der Waals surface area contributed by atoms with Gasteiger partial charge in [0.1, 0.15) is 6.61 Å². The maximum atomic E-state index is 12.0. The highest BCUT2D eigenvalue weighted by molar-refractivity contribution is 5.74. The highest BCUT2D eigenvalue weighted by atomic mass is 16.5. The fourth-order valence-corrected chi connectivity index (χ4v) is 2.27. The molecule has 0 saturated heterocycles. The van der Waals surface area contributed by atoms with Crippen molar-refractivity contribution in [2.24, 2.45) is 0 Å². The molecule has 0 aliphatic carbocycles. The van der Waals surface area contributed by atoms with Gasteiger partial charge in [-0.1, -0.05) is 43.3 Å². The number of rotatable bonds is 8. The number of hydrogen-bond donors (Lipinski definition) is 1. The number of carbonyl (C=O) groups excluding carboxylic acids is 2. The molecule has 0 saturated carbocycles. The number of nitrogens with zero attached hydrogens (tertiary/aromatic N) is 2. The van der Waals surface area contributed by atoms with Gasteiger partial charge in [0.15, 0.2) is 0 Å². The third kappa shape index (κ3) is 6.55. The predicted octanol–water partition coefficient (Wildman–Crippen LogP) is 2.57. The normalized spacial score (nSPS) is 10.2. The van der Waals surface area contributed by atoms with Crippen LogP contribution in [0.2, 0.25) is 0 Å². The van der Waals surface area contributed by atoms with E-state index in [0.717, 1.165) is 17.5 Å². The van der Waals surface area contributed by atoms with E-state index in [4.69, 9.17) is 4.74 Å². The molecule has 0 aliphatic rings. The van der Waals surface area contributed by atoms with Crippen LogP contribution in [-0.2, 0) is 28.9 Å². The fraction of sp³-hybridized carbons (Fsp3) is 0.350. The van der Waals surface area contributed by atoms with Gasteiger partial charge in [0.25, 0.3) is 0 Å². The van der Waals surface area contributed by atoms with Crippen molar-refractivity contribution in [3.05, 3.63) is 65.5 Å². The third-order valence-corrected chi connectivity index (χ3v) is 3.94. The molecule has 6 heteroatoms. The van der Waals surface area contributed by atoms with E-state index in [1.54, 1.807) is 13.2 Å². The zero-order chi connectivity index (χ0) is 18.8. The Bertz CT molecular complexity index is 702. The summed E-state index contributed by atoms with van der Waals surface area (Å²) in [6, 6.07) is 13.3. The second kappa shape index (κ2) is 10.2. The molecule has 0 aliphatic heterocycles. The van der Waals surface area contributed by atoms with Gasteiger partial charge in [0.2, 0.25) is 0 Å². The Hall–Kier alpha value is -2.89. The van der Waals surface area contributed by atoms with Crippen LogP contribution in [0.15, 0.2) is 48.7 Å². The molecule has 0 bridgehead atoms. The van der Waals surface area contributed by atoms with E-state index in [9.17, 15) is 9.59 Å². The number of hydrogen-bond acceptors (Lipinski definition) is 4. The van der Waals surface area contributed by atoms with Crippen molar-refractivity contribution < 1.29 is 14.3 Å². The molecular formula is C20H25N3O3. The number of benzene rings is 1. The zero-order valence-electron chi connectivity index (χ0n) is 15.3. The number of pyridine rings is 1. The van der Waals surface area contributed by atoms with Crippen LogP contribution in [0.1, 0.15) is 23.7 Å². The SMILES string of the molecule is CCc1ccc(CC(=O)OCCN(C)C(=O)NCc2ccccc2)nc1. The van der Waals surface area contributed by atoms with Gasteiger partial charge < -0.3 is 15.0 Å². The number of ether oxygens (including phenoxy) is 1. The van der Waals surface area contributed by atoms with E-state index in [1.807, 2.05) is 42.5 Å². The van der Waals surface area contributed by atoms with Crippen LogP contribution in [0.3, 0.4) is 0 Å². The van der Waals surface area contributed by atoms with Crippen LogP contribution in [0.4, 0.5) is 4.79 Å². The van der Waals surface area contributed by atoms with Gasteiger partial charge in [-0.05, 0) is 23.6 Å². The van der Waals surface area contributed by atoms with Crippen molar-refractivity contribution in [2.75, 3.05) is 20.2 Å². The summed E-state index contributed by atoms with van der Waals surface area (Å²) in [5, 5.41) is 2.82. The molecule has 0 radical (unpaired) electrons. The molecule has 0 unspecified atom stereocenters. The summed E-state index contributed by atoms with van der Waals surface area (Å²) in [6.45, 7) is 3.00. The summed E-state index contributed by atoms with van der Waals surface area (Å²) in [5.41, 5.74) is 2.84. The lowest BCUT2D eigenvalue weighted by Crippen LogP contribution is -2.38. The van der Waals surface area contributed by atoms with Gasteiger partial charge in [-0.2, -0.15) is 0 Å². The maximum absolute atomic E-state index is 12.0. The Morgan fingerprint density at radius 1 is 1.12 bits per heavy atom. The van der Waals surface area contributed by atoms with Crippen LogP contribution in [0.5, 0.6) is 0 Å². The van der Waals surface area contributed by atoms with E-state index < -0.39 is 0 Å². The summed E-state index contributed by atoms with van der Waals surface area (Å²) in [4.78, 5) is 29.6. The average Bonchev–Trinajstić information content (AvgIpc) is 2.67. The number of aryl methyl sites for hydroxylation is 1. The molecule has 6 nitrogen and oxygen atoms in total. The van der Waals surface area contributed by atoms with Crippen molar-refractivity contribution >= 4 is 12.0 Å². The molecule has 1 heterocycles. The minimum absolute atomic E-state index is 0.133. The first-order chi connectivity index (χ1) is 12.6. The molecule has 1 aromatic carbocycles. The van der Waals surface area contributed by atoms with Crippen LogP contribution in [0, 0.1) is 0 Å². The van der Waals surface area contributed by atoms with Crippen LogP contribution < -0.4 is 5.32 Å². The van der Waals surface area contributed by atoms with Crippen molar-refractivity contribution in [2.45, 2.75) is 26.3 Å². The molecule has 0 atom stereocenters. The summed E-state index contributed by atoms with van der Waals surface area (Å²) >= 11 is 0. The number of esters is 1. The minimum atomic E-state index is -0.347. The van der Waals surface area contributed by atoms with Gasteiger partial charge in [0.05, 0.1) is 18.7 Å². The van der Waals surface area contributed by atoms with Crippen LogP contribution >= 0.6 is 0 Å². The molecule has 2 rings (SSSR count). The summed E-state index contributed by atoms with van der Waals surface area (Å²) in [5.74, 6) is -0.347. The quantitative estimate of drug-likeness (QED) is 0.739. The molecule has 1 N–H and O–H groups in total. The lowest BCUT2D eigenvalue weighted by molar-refractivity contribution is -0.143. The smallest absolute Gasteiger partial charge is 0.317 e. The first-order valence-electron chi connectivity index (χ1n) is 8.70. The summed E-state index contributed by atoms with van der Waals surface area (Å²) in [6.07, 6.45) is 2.82. The van der Waals surface area contributed by atoms with Gasteiger partial charge in [0, 0.05) is 19.8 Å². The topological polar surface area (TPSA) is 71.5 Å². The lowest BCUT2D eigenvalue weighted by atomic mass is 10.2. The Morgan fingerprint density at radius 3 is 2.54 bits per heavy atom. The first-order valence-corrected chi connectivity index (χ1v) is 8.70. The van der Waals surface area contributed by atoms with E-state index in [2.05, 4.69) is 17.2 Å². The van der Waals surface area contributed by atoms with Crippen molar-refractivity contribution in [3.63, 3.8) is 0 Å². The average molecular weight is 355 g/mol. The van der Waals surface area contributed by atoms with Gasteiger partial charge >= 0.3 is 12.0 Å². The van der Waals surface area contributed by atoms with E-state index in [1.165, 1.54) is 4.90 Å². The number of nitrogens with one attached hydrogen (secondary N) is 1. The standard InChI is InChI=1S/C20H25N3O3/c1-3-16-9-10-18(21-14-16)13-19(24)26-12-11-23(2)20(25)22-15-17-7-5-4-6-8-17/h4-10,14H,3,11-13,15H2,1-2H3,(H,22,25). The van der Waals surface area contributed by atoms with Crippen molar-refractivity contribution in [1.29, 1.82) is 0 Å². The number of urea groups is 1. The van der Waals surface area contributed by atoms with Crippen molar-refractivity contribution in [3.8, 4) is 0 Å². The molecular weight excluding hydrogens is 330 g/mol. The number of likely N-dealkylation sites (N-methyl/N-ethyl adjacent to an activating group) is 1. The molecule has 0 spiro atoms. The molecule has 138 valence electrons. The van der Waals surface area contributed by atoms with E-state index in [0.29, 0.717) is 18.8 Å². The molecule has 1 aromatic heterocycles. The largest absolute Gasteiger partial charge is 0.464 e. The second-order valence-corrected chi connectivity index (χ2v) is 5.97. The Kier molecular flexibility index (Phi) is 7.61. The van der Waals surface area contributed by atoms with Gasteiger partial charge in [-0.25, -0.2) is 4.79 Å². The molecule has 2 aromatic rings. The molecule has 0 fully saturated rings. The number of amides is 2. The first kappa shape index (κ1) is 19.4. The Balaban J connectivity index is 1.65. The minimum Gasteiger partial charge on any atom is -0.464 e. The third-order valence-electron chi connectivity index (χ3n) is 3.94. The Labute approximate surface area is 154 Å². The number of carbonyl (C=O) groups is 2. The van der Waals surface area contributed by atoms with Crippen molar-refractivity contribution in [1.82, 2.24) is 15.2 Å². The highest BCUT2D eigenvalue weighted by Crippen LogP contribution is 2.03. The zero-order valence-corrected chi connectivity index (χ0v) is 15.3. The summed E-state index contributed by atoms with van der Waals surface area (Å²) in [7, 11) is 1.67. The van der Waals surface area contributed by atoms with Crippen LogP contribution in [-0.4, -0.2) is 42.1 Å². The highest BCUT2D eigenvalue weighted by Gasteiger charge is 2.10. The monoisotopic (exact) mass is 355 g/mol. The summed E-state index contributed by atoms with van der Waals surface area (Å²) < 4.78 is 5.19. The maximum Gasteiger partial charge on any atom is 0.317 e. The van der Waals surface area contributed by atoms with Crippen LogP contribution in [0.25, 0.3) is 0 Å². The Morgan fingerprint density at radius 2 is 1.88 bits per heavy atom.